The molecule has 0 aromatic heterocycles. The van der Waals surface area contributed by atoms with Gasteiger partial charge in [-0.1, -0.05) is 12.1 Å². The van der Waals surface area contributed by atoms with Gasteiger partial charge in [-0.3, -0.25) is 0 Å². The van der Waals surface area contributed by atoms with E-state index in [1.165, 1.54) is 0 Å². The normalized spacial score (nSPS) is 19.6. The zero-order valence-electron chi connectivity index (χ0n) is 9.19. The minimum absolute atomic E-state index is 0.554. The van der Waals surface area contributed by atoms with Crippen molar-refractivity contribution < 1.29 is 9.47 Å². The summed E-state index contributed by atoms with van der Waals surface area (Å²) >= 11 is 0. The Morgan fingerprint density at radius 1 is 1.38 bits per heavy atom. The first kappa shape index (κ1) is 11.1. The largest absolute Gasteiger partial charge is 0.381 e. The van der Waals surface area contributed by atoms with Crippen LogP contribution >= 0.6 is 0 Å². The Morgan fingerprint density at radius 3 is 2.81 bits per heavy atom. The van der Waals surface area contributed by atoms with Crippen LogP contribution in [-0.2, 0) is 16.1 Å². The van der Waals surface area contributed by atoms with Gasteiger partial charge in [-0.25, -0.2) is 0 Å². The van der Waals surface area contributed by atoms with Gasteiger partial charge in [-0.15, -0.1) is 0 Å². The van der Waals surface area contributed by atoms with E-state index in [2.05, 4.69) is 6.07 Å². The third-order valence-electron chi connectivity index (χ3n) is 2.73. The summed E-state index contributed by atoms with van der Waals surface area (Å²) in [5.41, 5.74) is 1.80. The molecule has 3 heteroatoms. The van der Waals surface area contributed by atoms with Crippen LogP contribution in [-0.4, -0.2) is 19.8 Å². The number of nitriles is 1. The maximum Gasteiger partial charge on any atom is 0.0991 e. The second-order valence-corrected chi connectivity index (χ2v) is 4.05. The number of nitrogens with zero attached hydrogens (tertiary/aromatic N) is 1. The van der Waals surface area contributed by atoms with Gasteiger partial charge in [-0.2, -0.15) is 5.26 Å². The van der Waals surface area contributed by atoms with Gasteiger partial charge in [0.2, 0.25) is 0 Å². The zero-order chi connectivity index (χ0) is 11.2. The first-order valence-electron chi connectivity index (χ1n) is 5.53. The fraction of sp³-hybridized carbons (Fsp3) is 0.462. The number of hydrogen-bond donors (Lipinski definition) is 0. The highest BCUT2D eigenvalue weighted by Gasteiger charge is 2.15. The monoisotopic (exact) mass is 217 g/mol. The highest BCUT2D eigenvalue weighted by atomic mass is 16.5. The van der Waals surface area contributed by atoms with E-state index >= 15 is 0 Å². The molecule has 1 saturated heterocycles. The number of rotatable bonds is 4. The van der Waals surface area contributed by atoms with Crippen molar-refractivity contribution in [2.75, 3.05) is 19.8 Å². The van der Waals surface area contributed by atoms with E-state index in [4.69, 9.17) is 14.7 Å². The van der Waals surface area contributed by atoms with Crippen LogP contribution < -0.4 is 0 Å². The lowest BCUT2D eigenvalue weighted by atomic mass is 10.1. The van der Waals surface area contributed by atoms with E-state index in [1.807, 2.05) is 24.3 Å². The third-order valence-corrected chi connectivity index (χ3v) is 2.73. The average Bonchev–Trinajstić information content (AvgIpc) is 2.83. The van der Waals surface area contributed by atoms with E-state index in [9.17, 15) is 0 Å². The topological polar surface area (TPSA) is 42.2 Å². The van der Waals surface area contributed by atoms with Gasteiger partial charge in [-0.05, 0) is 24.1 Å². The predicted molar refractivity (Wildman–Crippen MR) is 59.7 cm³/mol. The molecular formula is C13H15NO2. The quantitative estimate of drug-likeness (QED) is 0.775. The SMILES string of the molecule is N#Cc1ccc(COCC2CCOC2)cc1. The Bertz CT molecular complexity index is 361. The Kier molecular flexibility index (Phi) is 3.92. The molecule has 84 valence electrons. The molecule has 2 rings (SSSR count). The van der Waals surface area contributed by atoms with Gasteiger partial charge in [0.05, 0.1) is 31.5 Å². The molecular weight excluding hydrogens is 202 g/mol. The fourth-order valence-electron chi connectivity index (χ4n) is 1.73. The van der Waals surface area contributed by atoms with E-state index in [0.717, 1.165) is 31.8 Å². The van der Waals surface area contributed by atoms with Crippen molar-refractivity contribution in [3.63, 3.8) is 0 Å². The summed E-state index contributed by atoms with van der Waals surface area (Å²) in [6.07, 6.45) is 1.10. The van der Waals surface area contributed by atoms with E-state index in [-0.39, 0.29) is 0 Å². The number of hydrogen-bond acceptors (Lipinski definition) is 3. The van der Waals surface area contributed by atoms with Crippen LogP contribution in [0.1, 0.15) is 17.5 Å². The van der Waals surface area contributed by atoms with Crippen LogP contribution in [0, 0.1) is 17.2 Å². The van der Waals surface area contributed by atoms with Gasteiger partial charge in [0.15, 0.2) is 0 Å². The lowest BCUT2D eigenvalue weighted by Gasteiger charge is -2.08. The Morgan fingerprint density at radius 2 is 2.19 bits per heavy atom. The van der Waals surface area contributed by atoms with Crippen LogP contribution in [0.25, 0.3) is 0 Å². The van der Waals surface area contributed by atoms with Crippen molar-refractivity contribution in [1.82, 2.24) is 0 Å². The first-order valence-corrected chi connectivity index (χ1v) is 5.53. The van der Waals surface area contributed by atoms with Crippen LogP contribution in [0.3, 0.4) is 0 Å². The van der Waals surface area contributed by atoms with Gasteiger partial charge < -0.3 is 9.47 Å². The number of benzene rings is 1. The first-order chi connectivity index (χ1) is 7.88. The molecule has 1 aliphatic heterocycles. The molecule has 0 aliphatic carbocycles. The van der Waals surface area contributed by atoms with Crippen molar-refractivity contribution >= 4 is 0 Å². The second kappa shape index (κ2) is 5.64. The van der Waals surface area contributed by atoms with Crippen molar-refractivity contribution in [3.05, 3.63) is 35.4 Å². The highest BCUT2D eigenvalue weighted by molar-refractivity contribution is 5.31. The summed E-state index contributed by atoms with van der Waals surface area (Å²) < 4.78 is 10.9. The molecule has 0 spiro atoms. The fourth-order valence-corrected chi connectivity index (χ4v) is 1.73. The summed E-state index contributed by atoms with van der Waals surface area (Å²) in [4.78, 5) is 0. The number of ether oxygens (including phenoxy) is 2. The molecule has 0 saturated carbocycles. The van der Waals surface area contributed by atoms with Crippen molar-refractivity contribution in [2.24, 2.45) is 5.92 Å². The third kappa shape index (κ3) is 3.06. The van der Waals surface area contributed by atoms with Crippen molar-refractivity contribution in [1.29, 1.82) is 5.26 Å². The molecule has 0 radical (unpaired) electrons. The average molecular weight is 217 g/mol. The minimum atomic E-state index is 0.554. The molecule has 16 heavy (non-hydrogen) atoms. The van der Waals surface area contributed by atoms with Crippen LogP contribution in [0.15, 0.2) is 24.3 Å². The Labute approximate surface area is 95.6 Å². The van der Waals surface area contributed by atoms with Gasteiger partial charge in [0.25, 0.3) is 0 Å². The minimum Gasteiger partial charge on any atom is -0.381 e. The van der Waals surface area contributed by atoms with E-state index < -0.39 is 0 Å². The summed E-state index contributed by atoms with van der Waals surface area (Å²) in [5, 5.41) is 8.65. The van der Waals surface area contributed by atoms with Crippen molar-refractivity contribution in [2.45, 2.75) is 13.0 Å². The van der Waals surface area contributed by atoms with Crippen LogP contribution in [0.4, 0.5) is 0 Å². The standard InChI is InChI=1S/C13H15NO2/c14-7-11-1-3-12(4-2-11)8-16-10-13-5-6-15-9-13/h1-4,13H,5-6,8-10H2. The summed E-state index contributed by atoms with van der Waals surface area (Å²) in [5.74, 6) is 0.554. The van der Waals surface area contributed by atoms with Gasteiger partial charge in [0, 0.05) is 12.5 Å². The lowest BCUT2D eigenvalue weighted by molar-refractivity contribution is 0.0791. The van der Waals surface area contributed by atoms with Crippen LogP contribution in [0.2, 0.25) is 0 Å². The Hall–Kier alpha value is -1.37. The van der Waals surface area contributed by atoms with Crippen molar-refractivity contribution in [3.8, 4) is 6.07 Å². The van der Waals surface area contributed by atoms with E-state index in [0.29, 0.717) is 18.1 Å². The molecule has 1 aromatic rings. The predicted octanol–water partition coefficient (Wildman–Crippen LogP) is 2.11. The molecule has 0 amide bonds. The lowest BCUT2D eigenvalue weighted by Crippen LogP contribution is -2.09. The maximum absolute atomic E-state index is 8.65. The van der Waals surface area contributed by atoms with Gasteiger partial charge >= 0.3 is 0 Å². The van der Waals surface area contributed by atoms with Crippen LogP contribution in [0.5, 0.6) is 0 Å². The molecule has 0 bridgehead atoms. The summed E-state index contributed by atoms with van der Waals surface area (Å²) in [6.45, 7) is 3.07. The van der Waals surface area contributed by atoms with E-state index in [1.54, 1.807) is 0 Å². The molecule has 1 aromatic carbocycles. The molecule has 3 nitrogen and oxygen atoms in total. The Balaban J connectivity index is 1.74. The molecule has 1 fully saturated rings. The highest BCUT2D eigenvalue weighted by Crippen LogP contribution is 2.13. The zero-order valence-corrected chi connectivity index (χ0v) is 9.19. The summed E-state index contributed by atoms with van der Waals surface area (Å²) in [7, 11) is 0. The molecule has 1 aliphatic rings. The molecule has 1 heterocycles. The maximum atomic E-state index is 8.65. The van der Waals surface area contributed by atoms with Gasteiger partial charge in [0.1, 0.15) is 0 Å². The molecule has 0 N–H and O–H groups in total. The molecule has 1 unspecified atom stereocenters. The molecule has 1 atom stereocenters. The smallest absolute Gasteiger partial charge is 0.0991 e. The summed E-state index contributed by atoms with van der Waals surface area (Å²) in [6, 6.07) is 9.60. The second-order valence-electron chi connectivity index (χ2n) is 4.05.